The maximum atomic E-state index is 11.7. The SMILES string of the molecule is CCCCCCCCC(=O)N/N=C/c1cccc(OC)c1OC. The summed E-state index contributed by atoms with van der Waals surface area (Å²) in [5.41, 5.74) is 3.31. The van der Waals surface area contributed by atoms with E-state index >= 15 is 0 Å². The number of nitrogens with zero attached hydrogens (tertiary/aromatic N) is 1. The highest BCUT2D eigenvalue weighted by Crippen LogP contribution is 2.29. The van der Waals surface area contributed by atoms with Gasteiger partial charge in [-0.05, 0) is 18.6 Å². The first kappa shape index (κ1) is 19.0. The van der Waals surface area contributed by atoms with Crippen LogP contribution >= 0.6 is 0 Å². The van der Waals surface area contributed by atoms with E-state index in [1.165, 1.54) is 25.7 Å². The molecule has 1 amide bonds. The van der Waals surface area contributed by atoms with Crippen molar-refractivity contribution in [3.63, 3.8) is 0 Å². The molecule has 0 heterocycles. The Morgan fingerprint density at radius 2 is 1.87 bits per heavy atom. The van der Waals surface area contributed by atoms with Gasteiger partial charge in [0.25, 0.3) is 0 Å². The fourth-order valence-corrected chi connectivity index (χ4v) is 2.31. The topological polar surface area (TPSA) is 59.9 Å². The number of para-hydroxylation sites is 1. The Bertz CT molecular complexity index is 501. The Balaban J connectivity index is 2.37. The number of rotatable bonds is 11. The average molecular weight is 320 g/mol. The largest absolute Gasteiger partial charge is 0.493 e. The molecule has 0 bridgehead atoms. The highest BCUT2D eigenvalue weighted by Gasteiger charge is 2.07. The van der Waals surface area contributed by atoms with Crippen molar-refractivity contribution in [1.82, 2.24) is 5.43 Å². The smallest absolute Gasteiger partial charge is 0.240 e. The molecule has 0 unspecified atom stereocenters. The van der Waals surface area contributed by atoms with Crippen molar-refractivity contribution < 1.29 is 14.3 Å². The van der Waals surface area contributed by atoms with Gasteiger partial charge in [0, 0.05) is 12.0 Å². The van der Waals surface area contributed by atoms with Gasteiger partial charge in [-0.1, -0.05) is 45.1 Å². The Kier molecular flexibility index (Phi) is 9.52. The molecule has 0 aromatic heterocycles. The molecular weight excluding hydrogens is 292 g/mol. The third-order valence-corrected chi connectivity index (χ3v) is 3.58. The van der Waals surface area contributed by atoms with Crippen LogP contribution < -0.4 is 14.9 Å². The first-order chi connectivity index (χ1) is 11.2. The maximum absolute atomic E-state index is 11.7. The molecule has 0 radical (unpaired) electrons. The van der Waals surface area contributed by atoms with Crippen LogP contribution in [-0.4, -0.2) is 26.3 Å². The Hall–Kier alpha value is -2.04. The van der Waals surface area contributed by atoms with Gasteiger partial charge in [0.15, 0.2) is 11.5 Å². The van der Waals surface area contributed by atoms with Crippen LogP contribution in [0.2, 0.25) is 0 Å². The molecule has 5 heteroatoms. The zero-order valence-corrected chi connectivity index (χ0v) is 14.4. The first-order valence-electron chi connectivity index (χ1n) is 8.25. The highest BCUT2D eigenvalue weighted by atomic mass is 16.5. The molecule has 0 aliphatic heterocycles. The highest BCUT2D eigenvalue weighted by molar-refractivity contribution is 5.86. The minimum absolute atomic E-state index is 0.0568. The number of amides is 1. The van der Waals surface area contributed by atoms with E-state index in [-0.39, 0.29) is 5.91 Å². The lowest BCUT2D eigenvalue weighted by Crippen LogP contribution is -2.17. The Morgan fingerprint density at radius 3 is 2.57 bits per heavy atom. The predicted molar refractivity (Wildman–Crippen MR) is 93.3 cm³/mol. The van der Waals surface area contributed by atoms with Gasteiger partial charge in [-0.2, -0.15) is 5.10 Å². The van der Waals surface area contributed by atoms with Crippen LogP contribution in [-0.2, 0) is 4.79 Å². The van der Waals surface area contributed by atoms with Crippen LogP contribution in [0.5, 0.6) is 11.5 Å². The number of carbonyl (C=O) groups is 1. The summed E-state index contributed by atoms with van der Waals surface area (Å²) in [6.07, 6.45) is 9.06. The summed E-state index contributed by atoms with van der Waals surface area (Å²) in [7, 11) is 3.16. The number of unbranched alkanes of at least 4 members (excludes halogenated alkanes) is 5. The van der Waals surface area contributed by atoms with Crippen LogP contribution in [0.4, 0.5) is 0 Å². The summed E-state index contributed by atoms with van der Waals surface area (Å²) in [6, 6.07) is 5.51. The lowest BCUT2D eigenvalue weighted by atomic mass is 10.1. The van der Waals surface area contributed by atoms with E-state index in [0.29, 0.717) is 17.9 Å². The predicted octanol–water partition coefficient (Wildman–Crippen LogP) is 3.90. The summed E-state index contributed by atoms with van der Waals surface area (Å²) in [5.74, 6) is 1.18. The summed E-state index contributed by atoms with van der Waals surface area (Å²) >= 11 is 0. The molecule has 1 N–H and O–H groups in total. The van der Waals surface area contributed by atoms with Crippen LogP contribution in [0.25, 0.3) is 0 Å². The summed E-state index contributed by atoms with van der Waals surface area (Å²) in [6.45, 7) is 2.20. The van der Waals surface area contributed by atoms with Crippen molar-refractivity contribution in [2.75, 3.05) is 14.2 Å². The standard InChI is InChI=1S/C18H28N2O3/c1-4-5-6-7-8-9-13-17(21)20-19-14-15-11-10-12-16(22-2)18(15)23-3/h10-12,14H,4-9,13H2,1-3H3,(H,20,21)/b19-14+. The van der Waals surface area contributed by atoms with E-state index in [4.69, 9.17) is 9.47 Å². The van der Waals surface area contributed by atoms with Gasteiger partial charge in [0.05, 0.1) is 20.4 Å². The van der Waals surface area contributed by atoms with Gasteiger partial charge in [0.2, 0.25) is 5.91 Å². The number of hydrazone groups is 1. The monoisotopic (exact) mass is 320 g/mol. The van der Waals surface area contributed by atoms with Crippen molar-refractivity contribution in [2.45, 2.75) is 51.9 Å². The lowest BCUT2D eigenvalue weighted by Gasteiger charge is -2.09. The number of hydrogen-bond acceptors (Lipinski definition) is 4. The average Bonchev–Trinajstić information content (AvgIpc) is 2.57. The van der Waals surface area contributed by atoms with E-state index in [9.17, 15) is 4.79 Å². The molecule has 1 rings (SSSR count). The van der Waals surface area contributed by atoms with Crippen molar-refractivity contribution in [3.05, 3.63) is 23.8 Å². The zero-order chi connectivity index (χ0) is 16.9. The van der Waals surface area contributed by atoms with E-state index in [1.807, 2.05) is 18.2 Å². The van der Waals surface area contributed by atoms with Crippen molar-refractivity contribution in [3.8, 4) is 11.5 Å². The van der Waals surface area contributed by atoms with Crippen LogP contribution in [0.3, 0.4) is 0 Å². The summed E-state index contributed by atoms with van der Waals surface area (Å²) in [5, 5.41) is 3.99. The third kappa shape index (κ3) is 7.17. The Labute approximate surface area is 139 Å². The summed E-state index contributed by atoms with van der Waals surface area (Å²) in [4.78, 5) is 11.7. The van der Waals surface area contributed by atoms with Crippen molar-refractivity contribution in [2.24, 2.45) is 5.10 Å². The van der Waals surface area contributed by atoms with Crippen molar-refractivity contribution >= 4 is 12.1 Å². The molecule has 0 fully saturated rings. The van der Waals surface area contributed by atoms with E-state index < -0.39 is 0 Å². The van der Waals surface area contributed by atoms with Gasteiger partial charge >= 0.3 is 0 Å². The lowest BCUT2D eigenvalue weighted by molar-refractivity contribution is -0.121. The van der Waals surface area contributed by atoms with Gasteiger partial charge < -0.3 is 9.47 Å². The molecule has 0 atom stereocenters. The number of ether oxygens (including phenoxy) is 2. The maximum Gasteiger partial charge on any atom is 0.240 e. The minimum Gasteiger partial charge on any atom is -0.493 e. The van der Waals surface area contributed by atoms with Crippen LogP contribution in [0.15, 0.2) is 23.3 Å². The molecule has 0 aliphatic rings. The second-order valence-electron chi connectivity index (χ2n) is 5.39. The number of hydrogen-bond donors (Lipinski definition) is 1. The molecule has 0 saturated heterocycles. The van der Waals surface area contributed by atoms with E-state index in [2.05, 4.69) is 17.5 Å². The first-order valence-corrected chi connectivity index (χ1v) is 8.25. The van der Waals surface area contributed by atoms with Crippen molar-refractivity contribution in [1.29, 1.82) is 0 Å². The van der Waals surface area contributed by atoms with Crippen LogP contribution in [0.1, 0.15) is 57.4 Å². The zero-order valence-electron chi connectivity index (χ0n) is 14.4. The quantitative estimate of drug-likeness (QED) is 0.382. The second-order valence-corrected chi connectivity index (χ2v) is 5.39. The molecule has 1 aromatic carbocycles. The fourth-order valence-electron chi connectivity index (χ4n) is 2.31. The number of carbonyl (C=O) groups excluding carboxylic acids is 1. The fraction of sp³-hybridized carbons (Fsp3) is 0.556. The van der Waals surface area contributed by atoms with Gasteiger partial charge in [-0.15, -0.1) is 0 Å². The Morgan fingerprint density at radius 1 is 1.13 bits per heavy atom. The number of nitrogens with one attached hydrogen (secondary N) is 1. The molecule has 0 spiro atoms. The molecule has 128 valence electrons. The molecule has 1 aromatic rings. The normalized spacial score (nSPS) is 10.7. The molecular formula is C18H28N2O3. The molecule has 5 nitrogen and oxygen atoms in total. The van der Waals surface area contributed by atoms with E-state index in [1.54, 1.807) is 20.4 Å². The summed E-state index contributed by atoms with van der Waals surface area (Å²) < 4.78 is 10.5. The van der Waals surface area contributed by atoms with Gasteiger partial charge in [-0.25, -0.2) is 5.43 Å². The molecule has 0 aliphatic carbocycles. The van der Waals surface area contributed by atoms with Crippen LogP contribution in [0, 0.1) is 0 Å². The second kappa shape index (κ2) is 11.5. The van der Waals surface area contributed by atoms with Gasteiger partial charge in [0.1, 0.15) is 0 Å². The van der Waals surface area contributed by atoms with E-state index in [0.717, 1.165) is 18.4 Å². The third-order valence-electron chi connectivity index (χ3n) is 3.58. The minimum atomic E-state index is -0.0568. The number of benzene rings is 1. The van der Waals surface area contributed by atoms with Gasteiger partial charge in [-0.3, -0.25) is 4.79 Å². The number of methoxy groups -OCH3 is 2. The molecule has 0 saturated carbocycles. The molecule has 23 heavy (non-hydrogen) atoms.